The molecular formula is C21H22O11. The maximum absolute atomic E-state index is 12.9. The lowest BCUT2D eigenvalue weighted by atomic mass is 9.86. The third-order valence-corrected chi connectivity index (χ3v) is 5.74. The minimum absolute atomic E-state index is 0.0701. The molecule has 11 heteroatoms. The molecule has 8 N–H and O–H groups in total. The van der Waals surface area contributed by atoms with Crippen LogP contribution in [0.3, 0.4) is 0 Å². The summed E-state index contributed by atoms with van der Waals surface area (Å²) in [6.07, 6.45) is -8.75. The SMILES string of the molecule is O=C1CC(O)(c2ccc(O)cc2)Oc2cc(O)c([C@@H]3O[C@H](CO)[C@@H](O)[C@H](O)[C@H]3O)c(O)c21. The molecular weight excluding hydrogens is 428 g/mol. The van der Waals surface area contributed by atoms with E-state index in [4.69, 9.17) is 9.47 Å². The molecule has 2 aromatic rings. The summed E-state index contributed by atoms with van der Waals surface area (Å²) in [6.45, 7) is -0.727. The fourth-order valence-corrected chi connectivity index (χ4v) is 4.02. The lowest BCUT2D eigenvalue weighted by Gasteiger charge is -2.41. The molecule has 1 unspecified atom stereocenters. The summed E-state index contributed by atoms with van der Waals surface area (Å²) in [5.41, 5.74) is -0.697. The Morgan fingerprint density at radius 2 is 1.66 bits per heavy atom. The Morgan fingerprint density at radius 1 is 1.00 bits per heavy atom. The second-order valence-electron chi connectivity index (χ2n) is 7.81. The fraction of sp³-hybridized carbons (Fsp3) is 0.381. The van der Waals surface area contributed by atoms with Gasteiger partial charge in [-0.2, -0.15) is 0 Å². The van der Waals surface area contributed by atoms with Gasteiger partial charge in [0.05, 0.1) is 18.6 Å². The molecule has 0 aromatic heterocycles. The van der Waals surface area contributed by atoms with E-state index < -0.39 is 77.7 Å². The fourth-order valence-electron chi connectivity index (χ4n) is 4.02. The van der Waals surface area contributed by atoms with Gasteiger partial charge in [-0.3, -0.25) is 4.79 Å². The van der Waals surface area contributed by atoms with Crippen molar-refractivity contribution in [3.63, 3.8) is 0 Å². The second-order valence-corrected chi connectivity index (χ2v) is 7.81. The van der Waals surface area contributed by atoms with E-state index in [0.717, 1.165) is 6.07 Å². The zero-order valence-corrected chi connectivity index (χ0v) is 16.5. The van der Waals surface area contributed by atoms with Crippen molar-refractivity contribution >= 4 is 5.78 Å². The topological polar surface area (TPSA) is 197 Å². The largest absolute Gasteiger partial charge is 0.508 e. The average molecular weight is 450 g/mol. The summed E-state index contributed by atoms with van der Waals surface area (Å²) >= 11 is 0. The summed E-state index contributed by atoms with van der Waals surface area (Å²) in [5, 5.41) is 81.3. The standard InChI is InChI=1S/C21H22O11/c22-7-13-16(26)18(28)19(29)20(31-13)15-10(24)5-12-14(17(15)27)11(25)6-21(30,32-12)8-1-3-9(23)4-2-8/h1-5,13,16,18-20,22-24,26-30H,6-7H2/t13-,16-,18+,19-,20+,21?/m1/s1. The number of carbonyl (C=O) groups excluding carboxylic acids is 1. The van der Waals surface area contributed by atoms with E-state index in [1.54, 1.807) is 0 Å². The third kappa shape index (κ3) is 3.45. The van der Waals surface area contributed by atoms with E-state index in [0.29, 0.717) is 0 Å². The molecule has 2 aliphatic rings. The number of ether oxygens (including phenoxy) is 2. The van der Waals surface area contributed by atoms with Crippen molar-refractivity contribution in [2.45, 2.75) is 42.7 Å². The van der Waals surface area contributed by atoms with Crippen LogP contribution in [-0.2, 0) is 10.5 Å². The number of rotatable bonds is 3. The first kappa shape index (κ1) is 22.3. The molecule has 0 aliphatic carbocycles. The van der Waals surface area contributed by atoms with Crippen LogP contribution in [0.1, 0.15) is 34.0 Å². The molecule has 172 valence electrons. The van der Waals surface area contributed by atoms with E-state index in [9.17, 15) is 45.6 Å². The second kappa shape index (κ2) is 7.89. The normalized spacial score (nSPS) is 32.3. The van der Waals surface area contributed by atoms with Gasteiger partial charge in [0.1, 0.15) is 59.1 Å². The first-order valence-corrected chi connectivity index (χ1v) is 9.71. The molecule has 2 aromatic carbocycles. The number of hydrogen-bond donors (Lipinski definition) is 8. The third-order valence-electron chi connectivity index (χ3n) is 5.74. The summed E-state index contributed by atoms with van der Waals surface area (Å²) in [6, 6.07) is 6.20. The van der Waals surface area contributed by atoms with Crippen LogP contribution in [0.15, 0.2) is 30.3 Å². The maximum Gasteiger partial charge on any atom is 0.242 e. The highest BCUT2D eigenvalue weighted by Crippen LogP contribution is 2.50. The predicted molar refractivity (Wildman–Crippen MR) is 104 cm³/mol. The van der Waals surface area contributed by atoms with E-state index in [1.165, 1.54) is 24.3 Å². The van der Waals surface area contributed by atoms with Crippen LogP contribution in [0.2, 0.25) is 0 Å². The zero-order chi connectivity index (χ0) is 23.4. The Balaban J connectivity index is 1.76. The number of aliphatic hydroxyl groups excluding tert-OH is 4. The number of fused-ring (bicyclic) bond motifs is 1. The number of carbonyl (C=O) groups is 1. The average Bonchev–Trinajstić information content (AvgIpc) is 2.73. The van der Waals surface area contributed by atoms with Crippen molar-refractivity contribution in [1.29, 1.82) is 0 Å². The number of Topliss-reactive ketones (excluding diaryl/α,β-unsaturated/α-hetero) is 1. The van der Waals surface area contributed by atoms with E-state index in [-0.39, 0.29) is 17.1 Å². The molecule has 0 bridgehead atoms. The molecule has 4 rings (SSSR count). The predicted octanol–water partition coefficient (Wildman–Crippen LogP) is -0.871. The van der Waals surface area contributed by atoms with Crippen molar-refractivity contribution in [1.82, 2.24) is 0 Å². The van der Waals surface area contributed by atoms with Crippen LogP contribution in [-0.4, -0.2) is 77.7 Å². The minimum Gasteiger partial charge on any atom is -0.508 e. The first-order chi connectivity index (χ1) is 15.1. The van der Waals surface area contributed by atoms with Crippen molar-refractivity contribution in [2.75, 3.05) is 6.61 Å². The van der Waals surface area contributed by atoms with Crippen LogP contribution in [0.25, 0.3) is 0 Å². The summed E-state index contributed by atoms with van der Waals surface area (Å²) in [5.74, 6) is -4.80. The lowest BCUT2D eigenvalue weighted by molar-refractivity contribution is -0.232. The summed E-state index contributed by atoms with van der Waals surface area (Å²) < 4.78 is 10.9. The van der Waals surface area contributed by atoms with Crippen LogP contribution >= 0.6 is 0 Å². The monoisotopic (exact) mass is 450 g/mol. The van der Waals surface area contributed by atoms with Crippen LogP contribution in [0.4, 0.5) is 0 Å². The van der Waals surface area contributed by atoms with Gasteiger partial charge in [0.2, 0.25) is 5.79 Å². The van der Waals surface area contributed by atoms with Gasteiger partial charge in [0.25, 0.3) is 0 Å². The number of aliphatic hydroxyl groups is 5. The van der Waals surface area contributed by atoms with Gasteiger partial charge in [-0.05, 0) is 24.3 Å². The summed E-state index contributed by atoms with van der Waals surface area (Å²) in [4.78, 5) is 12.9. The first-order valence-electron chi connectivity index (χ1n) is 9.71. The molecule has 1 saturated heterocycles. The molecule has 11 nitrogen and oxygen atoms in total. The van der Waals surface area contributed by atoms with Gasteiger partial charge in [-0.25, -0.2) is 0 Å². The van der Waals surface area contributed by atoms with Crippen molar-refractivity contribution in [3.8, 4) is 23.0 Å². The smallest absolute Gasteiger partial charge is 0.242 e. The molecule has 0 saturated carbocycles. The Labute approximate surface area is 181 Å². The van der Waals surface area contributed by atoms with Crippen molar-refractivity contribution < 1.29 is 55.1 Å². The number of aromatic hydroxyl groups is 3. The summed E-state index contributed by atoms with van der Waals surface area (Å²) in [7, 11) is 0. The molecule has 0 radical (unpaired) electrons. The minimum atomic E-state index is -2.14. The maximum atomic E-state index is 12.9. The quantitative estimate of drug-likeness (QED) is 0.289. The number of hydrogen-bond acceptors (Lipinski definition) is 11. The van der Waals surface area contributed by atoms with Gasteiger partial charge in [-0.1, -0.05) is 0 Å². The van der Waals surface area contributed by atoms with Crippen LogP contribution < -0.4 is 4.74 Å². The Morgan fingerprint density at radius 3 is 2.28 bits per heavy atom. The van der Waals surface area contributed by atoms with E-state index >= 15 is 0 Å². The molecule has 2 aliphatic heterocycles. The molecule has 2 heterocycles. The highest BCUT2D eigenvalue weighted by molar-refractivity contribution is 6.03. The number of benzene rings is 2. The number of phenols is 3. The highest BCUT2D eigenvalue weighted by Gasteiger charge is 2.48. The number of ketones is 1. The van der Waals surface area contributed by atoms with Crippen LogP contribution in [0.5, 0.6) is 23.0 Å². The van der Waals surface area contributed by atoms with E-state index in [1.807, 2.05) is 0 Å². The van der Waals surface area contributed by atoms with Gasteiger partial charge in [0, 0.05) is 11.6 Å². The van der Waals surface area contributed by atoms with Gasteiger partial charge >= 0.3 is 0 Å². The Hall–Kier alpha value is -2.93. The highest BCUT2D eigenvalue weighted by atomic mass is 16.6. The van der Waals surface area contributed by atoms with Crippen LogP contribution in [0, 0.1) is 0 Å². The van der Waals surface area contributed by atoms with Crippen molar-refractivity contribution in [2.24, 2.45) is 0 Å². The van der Waals surface area contributed by atoms with Gasteiger partial charge < -0.3 is 50.3 Å². The molecule has 32 heavy (non-hydrogen) atoms. The van der Waals surface area contributed by atoms with Gasteiger partial charge in [-0.15, -0.1) is 0 Å². The Kier molecular flexibility index (Phi) is 5.49. The Bertz CT molecular complexity index is 1040. The zero-order valence-electron chi connectivity index (χ0n) is 16.5. The lowest BCUT2D eigenvalue weighted by Crippen LogP contribution is -2.55. The van der Waals surface area contributed by atoms with E-state index in [2.05, 4.69) is 0 Å². The molecule has 0 spiro atoms. The molecule has 6 atom stereocenters. The van der Waals surface area contributed by atoms with Gasteiger partial charge in [0.15, 0.2) is 5.78 Å². The molecule has 1 fully saturated rings. The van der Waals surface area contributed by atoms with Crippen molar-refractivity contribution in [3.05, 3.63) is 47.0 Å². The number of phenolic OH excluding ortho intramolecular Hbond substituents is 3. The molecule has 0 amide bonds.